The van der Waals surface area contributed by atoms with Gasteiger partial charge in [0.25, 0.3) is 0 Å². The Bertz CT molecular complexity index is 974. The molecule has 5 rings (SSSR count). The summed E-state index contributed by atoms with van der Waals surface area (Å²) in [7, 11) is 0. The number of hydrogen-bond donors (Lipinski definition) is 0. The number of thiophene rings is 1. The number of fused-ring (bicyclic) bond motifs is 1. The second-order valence-corrected chi connectivity index (χ2v) is 9.80. The molecule has 2 saturated heterocycles. The zero-order valence-electron chi connectivity index (χ0n) is 16.6. The number of nitrogens with zero attached hydrogens (tertiary/aromatic N) is 5. The Balaban J connectivity index is 1.51. The van der Waals surface area contributed by atoms with Gasteiger partial charge < -0.3 is 9.64 Å². The van der Waals surface area contributed by atoms with Crippen LogP contribution in [0.4, 0.5) is 5.82 Å². The van der Waals surface area contributed by atoms with Crippen LogP contribution >= 0.6 is 23.1 Å². The van der Waals surface area contributed by atoms with Gasteiger partial charge >= 0.3 is 0 Å². The summed E-state index contributed by atoms with van der Waals surface area (Å²) >= 11 is 3.83. The van der Waals surface area contributed by atoms with E-state index in [4.69, 9.17) is 14.7 Å². The summed E-state index contributed by atoms with van der Waals surface area (Å²) in [6.45, 7) is 6.59. The Kier molecular flexibility index (Phi) is 5.67. The fourth-order valence-corrected chi connectivity index (χ4v) is 5.87. The quantitative estimate of drug-likeness (QED) is 0.617. The van der Waals surface area contributed by atoms with Gasteiger partial charge in [-0.1, -0.05) is 0 Å². The van der Waals surface area contributed by atoms with Gasteiger partial charge in [0, 0.05) is 54.3 Å². The Morgan fingerprint density at radius 1 is 1.24 bits per heavy atom. The highest BCUT2D eigenvalue weighted by atomic mass is 32.2. The van der Waals surface area contributed by atoms with E-state index in [0.29, 0.717) is 0 Å². The lowest BCUT2D eigenvalue weighted by molar-refractivity contribution is 0.122. The van der Waals surface area contributed by atoms with Crippen LogP contribution in [-0.2, 0) is 11.3 Å². The van der Waals surface area contributed by atoms with Crippen molar-refractivity contribution in [3.05, 3.63) is 35.5 Å². The van der Waals surface area contributed by atoms with Crippen molar-refractivity contribution in [2.45, 2.75) is 18.2 Å². The van der Waals surface area contributed by atoms with Crippen molar-refractivity contribution < 1.29 is 4.74 Å². The molecule has 1 unspecified atom stereocenters. The van der Waals surface area contributed by atoms with Crippen LogP contribution in [0.25, 0.3) is 21.6 Å². The van der Waals surface area contributed by atoms with Crippen molar-refractivity contribution in [1.29, 1.82) is 0 Å². The molecule has 29 heavy (non-hydrogen) atoms. The molecule has 0 N–H and O–H groups in total. The maximum atomic E-state index is 5.56. The van der Waals surface area contributed by atoms with Gasteiger partial charge in [-0.3, -0.25) is 9.88 Å². The predicted molar refractivity (Wildman–Crippen MR) is 121 cm³/mol. The minimum absolute atomic E-state index is 0.746. The minimum atomic E-state index is 0.746. The molecule has 3 aromatic heterocycles. The van der Waals surface area contributed by atoms with Crippen LogP contribution in [0.15, 0.2) is 30.6 Å². The highest BCUT2D eigenvalue weighted by molar-refractivity contribution is 7.99. The summed E-state index contributed by atoms with van der Waals surface area (Å²) in [4.78, 5) is 20.4. The van der Waals surface area contributed by atoms with Crippen molar-refractivity contribution in [1.82, 2.24) is 19.9 Å². The largest absolute Gasteiger partial charge is 0.378 e. The van der Waals surface area contributed by atoms with Crippen molar-refractivity contribution >= 4 is 39.1 Å². The second kappa shape index (κ2) is 8.55. The van der Waals surface area contributed by atoms with E-state index in [0.717, 1.165) is 60.8 Å². The first-order chi connectivity index (χ1) is 14.3. The van der Waals surface area contributed by atoms with Crippen molar-refractivity contribution in [3.63, 3.8) is 0 Å². The predicted octanol–water partition coefficient (Wildman–Crippen LogP) is 3.53. The first kappa shape index (κ1) is 19.2. The van der Waals surface area contributed by atoms with E-state index >= 15 is 0 Å². The number of likely N-dealkylation sites (tertiary alicyclic amines) is 1. The van der Waals surface area contributed by atoms with E-state index in [9.17, 15) is 0 Å². The Labute approximate surface area is 179 Å². The zero-order chi connectivity index (χ0) is 19.6. The molecular formula is C21H25N5OS2. The Morgan fingerprint density at radius 2 is 2.14 bits per heavy atom. The number of anilines is 1. The molecular weight excluding hydrogens is 402 g/mol. The summed E-state index contributed by atoms with van der Waals surface area (Å²) in [5, 5.41) is 0.769. The molecule has 2 aliphatic rings. The summed E-state index contributed by atoms with van der Waals surface area (Å²) in [5.74, 6) is 1.79. The van der Waals surface area contributed by atoms with E-state index < -0.39 is 0 Å². The van der Waals surface area contributed by atoms with Crippen LogP contribution in [0.5, 0.6) is 0 Å². The van der Waals surface area contributed by atoms with Gasteiger partial charge in [-0.25, -0.2) is 9.97 Å². The van der Waals surface area contributed by atoms with E-state index in [1.54, 1.807) is 6.20 Å². The molecule has 8 heteroatoms. The van der Waals surface area contributed by atoms with E-state index in [-0.39, 0.29) is 0 Å². The molecule has 1 atom stereocenters. The smallest absolute Gasteiger partial charge is 0.163 e. The number of hydrogen-bond acceptors (Lipinski definition) is 8. The van der Waals surface area contributed by atoms with Gasteiger partial charge in [-0.15, -0.1) is 11.3 Å². The zero-order valence-corrected chi connectivity index (χ0v) is 18.2. The molecule has 0 aliphatic carbocycles. The van der Waals surface area contributed by atoms with Gasteiger partial charge in [-0.05, 0) is 37.4 Å². The van der Waals surface area contributed by atoms with Gasteiger partial charge in [0.05, 0.1) is 23.4 Å². The van der Waals surface area contributed by atoms with Crippen LogP contribution in [0, 0.1) is 0 Å². The molecule has 0 radical (unpaired) electrons. The lowest BCUT2D eigenvalue weighted by atomic mass is 10.2. The molecule has 3 aromatic rings. The summed E-state index contributed by atoms with van der Waals surface area (Å²) in [6.07, 6.45) is 7.13. The Hall–Kier alpha value is -1.74. The van der Waals surface area contributed by atoms with Crippen LogP contribution in [-0.4, -0.2) is 70.8 Å². The molecule has 0 saturated carbocycles. The summed E-state index contributed by atoms with van der Waals surface area (Å²) < 4.78 is 6.75. The molecule has 0 aromatic carbocycles. The van der Waals surface area contributed by atoms with Gasteiger partial charge in [0.1, 0.15) is 0 Å². The Morgan fingerprint density at radius 3 is 2.90 bits per heavy atom. The van der Waals surface area contributed by atoms with Crippen molar-refractivity contribution in [3.8, 4) is 11.4 Å². The van der Waals surface area contributed by atoms with Gasteiger partial charge in [0.2, 0.25) is 0 Å². The van der Waals surface area contributed by atoms with Crippen molar-refractivity contribution in [2.75, 3.05) is 50.5 Å². The third-order valence-corrected chi connectivity index (χ3v) is 7.73. The van der Waals surface area contributed by atoms with E-state index in [2.05, 4.69) is 27.1 Å². The molecule has 2 aliphatic heterocycles. The number of pyridine rings is 1. The second-order valence-electron chi connectivity index (χ2n) is 7.52. The minimum Gasteiger partial charge on any atom is -0.378 e. The van der Waals surface area contributed by atoms with Crippen molar-refractivity contribution in [2.24, 2.45) is 0 Å². The van der Waals surface area contributed by atoms with E-state index in [1.165, 1.54) is 29.1 Å². The van der Waals surface area contributed by atoms with Crippen LogP contribution in [0.1, 0.15) is 11.3 Å². The van der Waals surface area contributed by atoms with Crippen LogP contribution in [0.3, 0.4) is 0 Å². The number of morpholine rings is 1. The molecule has 5 heterocycles. The number of ether oxygens (including phenoxy) is 1. The SMILES string of the molecule is CSC1CCN(Cc2cc3nc(-c4cccnc4)nc(N4CCOCC4)c3s2)C1. The molecule has 152 valence electrons. The van der Waals surface area contributed by atoms with Crippen LogP contribution in [0.2, 0.25) is 0 Å². The topological polar surface area (TPSA) is 54.4 Å². The number of aromatic nitrogens is 3. The molecule has 0 bridgehead atoms. The average molecular weight is 428 g/mol. The molecule has 0 spiro atoms. The third kappa shape index (κ3) is 4.12. The van der Waals surface area contributed by atoms with E-state index in [1.807, 2.05) is 41.4 Å². The maximum Gasteiger partial charge on any atom is 0.163 e. The third-order valence-electron chi connectivity index (χ3n) is 5.58. The first-order valence-corrected chi connectivity index (χ1v) is 12.2. The molecule has 6 nitrogen and oxygen atoms in total. The lowest BCUT2D eigenvalue weighted by Gasteiger charge is -2.28. The molecule has 0 amide bonds. The fourth-order valence-electron chi connectivity index (χ4n) is 4.01. The maximum absolute atomic E-state index is 5.56. The lowest BCUT2D eigenvalue weighted by Crippen LogP contribution is -2.36. The highest BCUT2D eigenvalue weighted by Crippen LogP contribution is 2.35. The number of rotatable bonds is 5. The average Bonchev–Trinajstić information content (AvgIpc) is 3.40. The van der Waals surface area contributed by atoms with Crippen LogP contribution < -0.4 is 4.90 Å². The monoisotopic (exact) mass is 427 g/mol. The van der Waals surface area contributed by atoms with Gasteiger partial charge in [0.15, 0.2) is 11.6 Å². The highest BCUT2D eigenvalue weighted by Gasteiger charge is 2.24. The summed E-state index contributed by atoms with van der Waals surface area (Å²) in [6, 6.07) is 6.22. The summed E-state index contributed by atoms with van der Waals surface area (Å²) in [5.41, 5.74) is 2.00. The number of thioether (sulfide) groups is 1. The normalized spacial score (nSPS) is 20.6. The fraction of sp³-hybridized carbons (Fsp3) is 0.476. The van der Waals surface area contributed by atoms with Gasteiger partial charge in [-0.2, -0.15) is 11.8 Å². The standard InChI is InChI=1S/C21H25N5OS2/c1-28-16-4-6-25(13-16)14-17-11-18-19(29-17)21(26-7-9-27-10-8-26)24-20(23-18)15-3-2-5-22-12-15/h2-3,5,11-12,16H,4,6-10,13-14H2,1H3. The first-order valence-electron chi connectivity index (χ1n) is 10.1. The molecule has 2 fully saturated rings.